The van der Waals surface area contributed by atoms with Gasteiger partial charge < -0.3 is 15.2 Å². The Morgan fingerprint density at radius 3 is 2.59 bits per heavy atom. The zero-order valence-electron chi connectivity index (χ0n) is 12.4. The van der Waals surface area contributed by atoms with E-state index in [0.717, 1.165) is 12.0 Å². The molecule has 2 bridgehead atoms. The fourth-order valence-corrected chi connectivity index (χ4v) is 3.67. The Bertz CT molecular complexity index is 625. The monoisotopic (exact) mass is 301 g/mol. The van der Waals surface area contributed by atoms with Gasteiger partial charge in [0.25, 0.3) is 0 Å². The number of carboxylic acid groups (broad SMARTS) is 1. The average molecular weight is 301 g/mol. The highest BCUT2D eigenvalue weighted by atomic mass is 16.5. The van der Waals surface area contributed by atoms with Crippen molar-refractivity contribution >= 4 is 11.9 Å². The molecule has 4 atom stereocenters. The van der Waals surface area contributed by atoms with Gasteiger partial charge >= 0.3 is 5.97 Å². The number of hydrogen-bond acceptors (Lipinski definition) is 3. The van der Waals surface area contributed by atoms with Gasteiger partial charge in [-0.05, 0) is 24.3 Å². The van der Waals surface area contributed by atoms with Crippen LogP contribution in [0.2, 0.25) is 0 Å². The molecule has 1 saturated carbocycles. The molecule has 0 aromatic heterocycles. The number of para-hydroxylation sites is 1. The number of methoxy groups -OCH3 is 1. The normalized spacial score (nSPS) is 28.6. The van der Waals surface area contributed by atoms with Gasteiger partial charge in [0.2, 0.25) is 5.91 Å². The Morgan fingerprint density at radius 2 is 1.91 bits per heavy atom. The highest BCUT2D eigenvalue weighted by molar-refractivity contribution is 5.86. The fourth-order valence-electron chi connectivity index (χ4n) is 3.67. The predicted octanol–water partition coefficient (Wildman–Crippen LogP) is 1.83. The van der Waals surface area contributed by atoms with E-state index in [-0.39, 0.29) is 17.7 Å². The van der Waals surface area contributed by atoms with Crippen LogP contribution in [0.1, 0.15) is 12.0 Å². The molecule has 0 unspecified atom stereocenters. The number of fused-ring (bicyclic) bond motifs is 2. The summed E-state index contributed by atoms with van der Waals surface area (Å²) in [6, 6.07) is 7.46. The number of hydrogen-bond donors (Lipinski definition) is 2. The van der Waals surface area contributed by atoms with E-state index in [1.807, 2.05) is 36.4 Å². The molecule has 0 spiro atoms. The topological polar surface area (TPSA) is 75.6 Å². The van der Waals surface area contributed by atoms with Crippen LogP contribution in [0, 0.1) is 23.7 Å². The molecular weight excluding hydrogens is 282 g/mol. The maximum absolute atomic E-state index is 12.5. The molecule has 1 fully saturated rings. The molecule has 5 nitrogen and oxygen atoms in total. The first-order valence-electron chi connectivity index (χ1n) is 7.42. The van der Waals surface area contributed by atoms with Gasteiger partial charge in [-0.25, -0.2) is 0 Å². The van der Waals surface area contributed by atoms with Crippen LogP contribution in [-0.4, -0.2) is 24.1 Å². The second kappa shape index (κ2) is 5.83. The van der Waals surface area contributed by atoms with Crippen molar-refractivity contribution < 1.29 is 19.4 Å². The first kappa shape index (κ1) is 14.6. The molecule has 116 valence electrons. The Morgan fingerprint density at radius 1 is 1.23 bits per heavy atom. The zero-order chi connectivity index (χ0) is 15.7. The standard InChI is InChI=1S/C17H19NO4/c1-22-13-5-3-2-4-12(13)9-18-16(19)14-10-6-7-11(8-10)15(14)17(20)21/h2-7,10-11,14-15H,8-9H2,1H3,(H,18,19)(H,20,21)/t10-,11-,14-,15-/m0/s1. The molecule has 0 heterocycles. The van der Waals surface area contributed by atoms with Crippen LogP contribution in [-0.2, 0) is 16.1 Å². The van der Waals surface area contributed by atoms with Gasteiger partial charge in [0.05, 0.1) is 18.9 Å². The number of nitrogens with one attached hydrogen (secondary N) is 1. The summed E-state index contributed by atoms with van der Waals surface area (Å²) in [5.41, 5.74) is 0.879. The number of ether oxygens (including phenoxy) is 1. The highest BCUT2D eigenvalue weighted by Crippen LogP contribution is 2.48. The van der Waals surface area contributed by atoms with Gasteiger partial charge in [-0.2, -0.15) is 0 Å². The maximum atomic E-state index is 12.5. The van der Waals surface area contributed by atoms with Crippen molar-refractivity contribution in [1.29, 1.82) is 0 Å². The number of carbonyl (C=O) groups is 2. The summed E-state index contributed by atoms with van der Waals surface area (Å²) in [5.74, 6) is -1.39. The Kier molecular flexibility index (Phi) is 3.88. The van der Waals surface area contributed by atoms with Gasteiger partial charge in [0, 0.05) is 12.1 Å². The molecule has 2 aliphatic rings. The molecule has 1 aromatic rings. The quantitative estimate of drug-likeness (QED) is 0.814. The van der Waals surface area contributed by atoms with E-state index in [0.29, 0.717) is 12.3 Å². The van der Waals surface area contributed by atoms with Crippen molar-refractivity contribution in [3.05, 3.63) is 42.0 Å². The van der Waals surface area contributed by atoms with Gasteiger partial charge in [0.15, 0.2) is 0 Å². The first-order valence-corrected chi connectivity index (χ1v) is 7.42. The summed E-state index contributed by atoms with van der Waals surface area (Å²) in [4.78, 5) is 23.9. The summed E-state index contributed by atoms with van der Waals surface area (Å²) >= 11 is 0. The third-order valence-corrected chi connectivity index (χ3v) is 4.69. The number of aliphatic carboxylic acids is 1. The van der Waals surface area contributed by atoms with Crippen LogP contribution in [0.15, 0.2) is 36.4 Å². The first-order chi connectivity index (χ1) is 10.6. The average Bonchev–Trinajstić information content (AvgIpc) is 3.13. The summed E-state index contributed by atoms with van der Waals surface area (Å²) in [7, 11) is 1.59. The molecule has 1 amide bonds. The van der Waals surface area contributed by atoms with Crippen LogP contribution >= 0.6 is 0 Å². The minimum atomic E-state index is -0.880. The number of benzene rings is 1. The van der Waals surface area contributed by atoms with E-state index < -0.39 is 17.8 Å². The lowest BCUT2D eigenvalue weighted by molar-refractivity contribution is -0.147. The van der Waals surface area contributed by atoms with E-state index >= 15 is 0 Å². The largest absolute Gasteiger partial charge is 0.496 e. The van der Waals surface area contributed by atoms with E-state index in [4.69, 9.17) is 4.74 Å². The third-order valence-electron chi connectivity index (χ3n) is 4.69. The van der Waals surface area contributed by atoms with E-state index in [1.165, 1.54) is 0 Å². The number of amides is 1. The van der Waals surface area contributed by atoms with E-state index in [1.54, 1.807) is 7.11 Å². The van der Waals surface area contributed by atoms with Crippen molar-refractivity contribution in [3.8, 4) is 5.75 Å². The third kappa shape index (κ3) is 2.47. The van der Waals surface area contributed by atoms with Crippen LogP contribution in [0.25, 0.3) is 0 Å². The van der Waals surface area contributed by atoms with Crippen molar-refractivity contribution in [2.24, 2.45) is 23.7 Å². The summed E-state index contributed by atoms with van der Waals surface area (Å²) in [5, 5.41) is 12.3. The molecule has 5 heteroatoms. The Balaban J connectivity index is 1.69. The predicted molar refractivity (Wildman–Crippen MR) is 80.2 cm³/mol. The zero-order valence-corrected chi connectivity index (χ0v) is 12.4. The highest BCUT2D eigenvalue weighted by Gasteiger charge is 2.51. The van der Waals surface area contributed by atoms with Gasteiger partial charge in [0.1, 0.15) is 5.75 Å². The number of carbonyl (C=O) groups excluding carboxylic acids is 1. The molecule has 0 aliphatic heterocycles. The van der Waals surface area contributed by atoms with Crippen molar-refractivity contribution in [3.63, 3.8) is 0 Å². The lowest BCUT2D eigenvalue weighted by Gasteiger charge is -2.24. The smallest absolute Gasteiger partial charge is 0.307 e. The molecule has 1 aromatic carbocycles. The van der Waals surface area contributed by atoms with E-state index in [9.17, 15) is 14.7 Å². The van der Waals surface area contributed by atoms with Gasteiger partial charge in [-0.1, -0.05) is 30.4 Å². The minimum Gasteiger partial charge on any atom is -0.496 e. The van der Waals surface area contributed by atoms with Crippen LogP contribution in [0.4, 0.5) is 0 Å². The molecule has 0 saturated heterocycles. The van der Waals surface area contributed by atoms with Crippen LogP contribution < -0.4 is 10.1 Å². The number of rotatable bonds is 5. The fraction of sp³-hybridized carbons (Fsp3) is 0.412. The molecule has 2 aliphatic carbocycles. The second-order valence-electron chi connectivity index (χ2n) is 5.87. The minimum absolute atomic E-state index is 0.00971. The lowest BCUT2D eigenvalue weighted by Crippen LogP contribution is -2.39. The number of allylic oxidation sites excluding steroid dienone is 2. The van der Waals surface area contributed by atoms with Crippen molar-refractivity contribution in [2.45, 2.75) is 13.0 Å². The van der Waals surface area contributed by atoms with Gasteiger partial charge in [-0.3, -0.25) is 9.59 Å². The number of carboxylic acids is 1. The SMILES string of the molecule is COc1ccccc1CNC(=O)[C@@H]1[C@@H](C(=O)O)[C@H]2C=C[C@H]1C2. The van der Waals surface area contributed by atoms with Crippen LogP contribution in [0.3, 0.4) is 0 Å². The van der Waals surface area contributed by atoms with Crippen molar-refractivity contribution in [2.75, 3.05) is 7.11 Å². The lowest BCUT2D eigenvalue weighted by atomic mass is 9.82. The summed E-state index contributed by atoms with van der Waals surface area (Å²) < 4.78 is 5.26. The van der Waals surface area contributed by atoms with Crippen molar-refractivity contribution in [1.82, 2.24) is 5.32 Å². The Labute approximate surface area is 129 Å². The summed E-state index contributed by atoms with van der Waals surface area (Å²) in [6.45, 7) is 0.340. The molecular formula is C17H19NO4. The summed E-state index contributed by atoms with van der Waals surface area (Å²) in [6.07, 6.45) is 4.69. The molecule has 2 N–H and O–H groups in total. The molecule has 3 rings (SSSR count). The van der Waals surface area contributed by atoms with E-state index in [2.05, 4.69) is 5.32 Å². The Hall–Kier alpha value is -2.30. The maximum Gasteiger partial charge on any atom is 0.307 e. The van der Waals surface area contributed by atoms with Gasteiger partial charge in [-0.15, -0.1) is 0 Å². The van der Waals surface area contributed by atoms with Crippen LogP contribution in [0.5, 0.6) is 5.75 Å². The molecule has 22 heavy (non-hydrogen) atoms. The molecule has 0 radical (unpaired) electrons. The second-order valence-corrected chi connectivity index (χ2v) is 5.87.